The highest BCUT2D eigenvalue weighted by molar-refractivity contribution is 6.18. The number of nitrogens with one attached hydrogen (secondary N) is 7. The van der Waals surface area contributed by atoms with Crippen LogP contribution in [0, 0.1) is 0 Å². The lowest BCUT2D eigenvalue weighted by molar-refractivity contribution is -0.116. The van der Waals surface area contributed by atoms with Gasteiger partial charge in [0.1, 0.15) is 17.1 Å². The number of benzene rings is 1. The van der Waals surface area contributed by atoms with Crippen molar-refractivity contribution in [3.05, 3.63) is 83.7 Å². The van der Waals surface area contributed by atoms with Gasteiger partial charge in [-0.2, -0.15) is 0 Å². The number of amides is 4. The molecule has 0 saturated heterocycles. The zero-order valence-electron chi connectivity index (χ0n) is 27.6. The first-order chi connectivity index (χ1) is 23.6. The third-order valence-electron chi connectivity index (χ3n) is 7.53. The maximum absolute atomic E-state index is 12.8. The molecule has 3 heterocycles. The number of hydrogen-bond acceptors (Lipinski definition) is 6. The topological polar surface area (TPSA) is 170 Å². The molecule has 0 aliphatic rings. The van der Waals surface area contributed by atoms with Crippen molar-refractivity contribution >= 4 is 69.6 Å². The maximum Gasteiger partial charge on any atom is 0.272 e. The van der Waals surface area contributed by atoms with Crippen LogP contribution in [-0.2, 0) is 11.2 Å². The minimum Gasteiger partial charge on any atom is -0.369 e. The van der Waals surface area contributed by atoms with Crippen molar-refractivity contribution in [3.8, 4) is 0 Å². The van der Waals surface area contributed by atoms with Gasteiger partial charge in [-0.1, -0.05) is 12.1 Å². The number of H-pyrrole nitrogens is 3. The molecule has 15 heteroatoms. The molecule has 13 nitrogen and oxygen atoms in total. The number of aromatic amines is 3. The van der Waals surface area contributed by atoms with Crippen LogP contribution < -0.4 is 26.2 Å². The predicted octanol–water partition coefficient (Wildman–Crippen LogP) is 5.10. The number of aromatic nitrogens is 3. The summed E-state index contributed by atoms with van der Waals surface area (Å²) >= 11 is 11.8. The molecule has 0 aliphatic carbocycles. The molecule has 0 spiro atoms. The minimum atomic E-state index is -0.449. The SMILES string of the molecule is CN(C)CCCNC(=O)c1cc(NC(=O)c2cc(NC(=O)c3cc(NC(=O)CCCc4ccc(N(CCCl)CCCl)cc4)c[nH]3)c[nH]2)c[nH]1. The van der Waals surface area contributed by atoms with Gasteiger partial charge in [0.2, 0.25) is 5.91 Å². The molecule has 0 unspecified atom stereocenters. The summed E-state index contributed by atoms with van der Waals surface area (Å²) in [5.41, 5.74) is 4.24. The molecular weight excluding hydrogens is 669 g/mol. The van der Waals surface area contributed by atoms with Gasteiger partial charge < -0.3 is 46.0 Å². The van der Waals surface area contributed by atoms with Gasteiger partial charge in [-0.3, -0.25) is 19.2 Å². The zero-order valence-corrected chi connectivity index (χ0v) is 29.1. The van der Waals surface area contributed by atoms with Crippen molar-refractivity contribution in [1.82, 2.24) is 25.2 Å². The van der Waals surface area contributed by atoms with E-state index >= 15 is 0 Å². The molecule has 0 aliphatic heterocycles. The Morgan fingerprint density at radius 2 is 1.18 bits per heavy atom. The molecule has 4 aromatic rings. The van der Waals surface area contributed by atoms with E-state index in [1.165, 1.54) is 18.5 Å². The second kappa shape index (κ2) is 18.7. The van der Waals surface area contributed by atoms with Gasteiger partial charge in [0.05, 0.1) is 17.1 Å². The highest BCUT2D eigenvalue weighted by atomic mass is 35.5. The first kappa shape index (κ1) is 37.1. The van der Waals surface area contributed by atoms with E-state index in [1.807, 2.05) is 31.1 Å². The van der Waals surface area contributed by atoms with E-state index in [0.717, 1.165) is 43.7 Å². The first-order valence-corrected chi connectivity index (χ1v) is 17.1. The summed E-state index contributed by atoms with van der Waals surface area (Å²) in [6, 6.07) is 12.8. The number of rotatable bonds is 19. The van der Waals surface area contributed by atoms with Crippen LogP contribution in [0.3, 0.4) is 0 Å². The lowest BCUT2D eigenvalue weighted by atomic mass is 10.1. The highest BCUT2D eigenvalue weighted by Gasteiger charge is 2.16. The molecule has 3 aromatic heterocycles. The molecule has 0 atom stereocenters. The van der Waals surface area contributed by atoms with Crippen molar-refractivity contribution in [2.75, 3.05) is 72.9 Å². The first-order valence-electron chi connectivity index (χ1n) is 16.0. The van der Waals surface area contributed by atoms with Crippen LogP contribution in [0.2, 0.25) is 0 Å². The summed E-state index contributed by atoms with van der Waals surface area (Å²) < 4.78 is 0. The Hall–Kier alpha value is -4.72. The highest BCUT2D eigenvalue weighted by Crippen LogP contribution is 2.19. The van der Waals surface area contributed by atoms with Crippen LogP contribution >= 0.6 is 23.2 Å². The summed E-state index contributed by atoms with van der Waals surface area (Å²) in [5.74, 6) is -0.270. The smallest absolute Gasteiger partial charge is 0.272 e. The standard InChI is InChI=1S/C34H43Cl2N9O4/c1-44(2)14-4-13-37-32(47)28-18-25(21-38-28)42-34(49)30-19-26(22-40-30)43-33(48)29-17-24(20-39-29)41-31(46)6-3-5-23-7-9-27(10-8-23)45(15-11-35)16-12-36/h7-10,17-22,38-40H,3-6,11-16H2,1-2H3,(H,37,47)(H,41,46)(H,42,49)(H,43,48). The quantitative estimate of drug-likeness (QED) is 0.0527. The van der Waals surface area contributed by atoms with Crippen LogP contribution in [0.25, 0.3) is 0 Å². The van der Waals surface area contributed by atoms with E-state index in [0.29, 0.717) is 53.9 Å². The second-order valence-corrected chi connectivity index (χ2v) is 12.4. The molecule has 4 rings (SSSR count). The Bertz CT molecular complexity index is 1670. The van der Waals surface area contributed by atoms with E-state index < -0.39 is 11.8 Å². The molecule has 0 saturated carbocycles. The fraction of sp³-hybridized carbons (Fsp3) is 0.353. The van der Waals surface area contributed by atoms with Crippen molar-refractivity contribution in [3.63, 3.8) is 0 Å². The Balaban J connectivity index is 1.19. The van der Waals surface area contributed by atoms with Crippen LogP contribution in [0.5, 0.6) is 0 Å². The number of nitrogens with zero attached hydrogens (tertiary/aromatic N) is 2. The summed E-state index contributed by atoms with van der Waals surface area (Å²) in [5, 5.41) is 11.1. The lowest BCUT2D eigenvalue weighted by Crippen LogP contribution is -2.27. The lowest BCUT2D eigenvalue weighted by Gasteiger charge is -2.23. The fourth-order valence-electron chi connectivity index (χ4n) is 5.01. The molecule has 4 amide bonds. The molecule has 49 heavy (non-hydrogen) atoms. The number of hydrogen-bond donors (Lipinski definition) is 7. The Morgan fingerprint density at radius 3 is 1.69 bits per heavy atom. The minimum absolute atomic E-state index is 0.158. The van der Waals surface area contributed by atoms with E-state index in [4.69, 9.17) is 23.2 Å². The van der Waals surface area contributed by atoms with Crippen LogP contribution in [0.4, 0.5) is 22.7 Å². The number of aryl methyl sites for hydroxylation is 1. The van der Waals surface area contributed by atoms with E-state index in [2.05, 4.69) is 53.3 Å². The van der Waals surface area contributed by atoms with Gasteiger partial charge in [-0.25, -0.2) is 0 Å². The molecule has 1 aromatic carbocycles. The summed E-state index contributed by atoms with van der Waals surface area (Å²) in [6.45, 7) is 2.84. The molecule has 0 bridgehead atoms. The third kappa shape index (κ3) is 11.7. The van der Waals surface area contributed by atoms with Gasteiger partial charge in [-0.15, -0.1) is 23.2 Å². The summed E-state index contributed by atoms with van der Waals surface area (Å²) in [6.07, 6.45) is 7.12. The Morgan fingerprint density at radius 1 is 0.673 bits per heavy atom. The van der Waals surface area contributed by atoms with E-state index in [-0.39, 0.29) is 23.2 Å². The fourth-order valence-corrected chi connectivity index (χ4v) is 5.41. The van der Waals surface area contributed by atoms with Gasteiger partial charge in [0.25, 0.3) is 17.7 Å². The number of alkyl halides is 2. The van der Waals surface area contributed by atoms with Crippen molar-refractivity contribution in [2.45, 2.75) is 25.7 Å². The number of carbonyl (C=O) groups is 4. The van der Waals surface area contributed by atoms with E-state index in [9.17, 15) is 19.2 Å². The third-order valence-corrected chi connectivity index (χ3v) is 7.87. The van der Waals surface area contributed by atoms with Crippen LogP contribution in [0.15, 0.2) is 61.1 Å². The average Bonchev–Trinajstić information content (AvgIpc) is 3.85. The molecule has 0 radical (unpaired) electrons. The molecule has 0 fully saturated rings. The molecule has 262 valence electrons. The van der Waals surface area contributed by atoms with Crippen molar-refractivity contribution in [1.29, 1.82) is 0 Å². The van der Waals surface area contributed by atoms with Crippen LogP contribution in [-0.4, -0.2) is 95.5 Å². The summed E-state index contributed by atoms with van der Waals surface area (Å²) in [7, 11) is 3.94. The Labute approximate surface area is 295 Å². The zero-order chi connectivity index (χ0) is 35.2. The summed E-state index contributed by atoms with van der Waals surface area (Å²) in [4.78, 5) is 63.2. The van der Waals surface area contributed by atoms with E-state index in [1.54, 1.807) is 18.3 Å². The number of anilines is 4. The number of carbonyl (C=O) groups excluding carboxylic acids is 4. The van der Waals surface area contributed by atoms with Gasteiger partial charge >= 0.3 is 0 Å². The van der Waals surface area contributed by atoms with Gasteiger partial charge in [-0.05, 0) is 75.8 Å². The number of halogens is 2. The monoisotopic (exact) mass is 711 g/mol. The van der Waals surface area contributed by atoms with Crippen molar-refractivity contribution < 1.29 is 19.2 Å². The second-order valence-electron chi connectivity index (χ2n) is 11.7. The Kier molecular flexibility index (Phi) is 14.2. The van der Waals surface area contributed by atoms with Crippen molar-refractivity contribution in [2.24, 2.45) is 0 Å². The normalized spacial score (nSPS) is 11.0. The van der Waals surface area contributed by atoms with Gasteiger partial charge in [0, 0.05) is 62.1 Å². The van der Waals surface area contributed by atoms with Gasteiger partial charge in [0.15, 0.2) is 0 Å². The average molecular weight is 713 g/mol. The van der Waals surface area contributed by atoms with Crippen LogP contribution in [0.1, 0.15) is 56.3 Å². The largest absolute Gasteiger partial charge is 0.369 e. The molecule has 7 N–H and O–H groups in total. The maximum atomic E-state index is 12.8. The molecular formula is C34H43Cl2N9O4. The predicted molar refractivity (Wildman–Crippen MR) is 195 cm³/mol.